The number of benzene rings is 1. The van der Waals surface area contributed by atoms with Gasteiger partial charge in [-0.3, -0.25) is 14.4 Å². The Bertz CT molecular complexity index is 683. The highest BCUT2D eigenvalue weighted by molar-refractivity contribution is 5.98. The van der Waals surface area contributed by atoms with Gasteiger partial charge in [-0.2, -0.15) is 0 Å². The van der Waals surface area contributed by atoms with Crippen LogP contribution >= 0.6 is 0 Å². The highest BCUT2D eigenvalue weighted by Gasteiger charge is 2.21. The molecule has 0 radical (unpaired) electrons. The summed E-state index contributed by atoms with van der Waals surface area (Å²) >= 11 is 0. The van der Waals surface area contributed by atoms with Crippen LogP contribution in [-0.2, 0) is 23.9 Å². The van der Waals surface area contributed by atoms with Gasteiger partial charge in [0.2, 0.25) is 5.91 Å². The molecule has 26 heavy (non-hydrogen) atoms. The molecule has 1 aliphatic heterocycles. The molecule has 1 N–H and O–H groups in total. The molecule has 1 aliphatic rings. The van der Waals surface area contributed by atoms with Gasteiger partial charge in [0.05, 0.1) is 6.10 Å². The smallest absolute Gasteiger partial charge is 0.344 e. The third kappa shape index (κ3) is 5.58. The SMILES string of the molecule is CC(C)OC(=O)COC(=O)CNC(=O)c1ccc(N2CCCC2=O)cc1. The van der Waals surface area contributed by atoms with Gasteiger partial charge in [0.25, 0.3) is 5.91 Å². The molecule has 0 bridgehead atoms. The second kappa shape index (κ2) is 8.98. The van der Waals surface area contributed by atoms with Crippen LogP contribution in [0.25, 0.3) is 0 Å². The second-order valence-electron chi connectivity index (χ2n) is 6.08. The van der Waals surface area contributed by atoms with E-state index in [2.05, 4.69) is 5.32 Å². The van der Waals surface area contributed by atoms with E-state index in [1.807, 2.05) is 0 Å². The van der Waals surface area contributed by atoms with Crippen LogP contribution in [-0.4, -0.2) is 49.6 Å². The summed E-state index contributed by atoms with van der Waals surface area (Å²) < 4.78 is 9.54. The van der Waals surface area contributed by atoms with Gasteiger partial charge in [-0.15, -0.1) is 0 Å². The summed E-state index contributed by atoms with van der Waals surface area (Å²) in [6.45, 7) is 3.19. The molecule has 2 rings (SSSR count). The molecule has 1 fully saturated rings. The summed E-state index contributed by atoms with van der Waals surface area (Å²) in [6, 6.07) is 6.56. The van der Waals surface area contributed by atoms with Crippen LogP contribution in [0.15, 0.2) is 24.3 Å². The molecule has 1 aromatic carbocycles. The van der Waals surface area contributed by atoms with Gasteiger partial charge in [-0.05, 0) is 44.5 Å². The number of anilines is 1. The minimum atomic E-state index is -0.738. The highest BCUT2D eigenvalue weighted by Crippen LogP contribution is 2.21. The van der Waals surface area contributed by atoms with E-state index in [1.165, 1.54) is 0 Å². The number of carbonyl (C=O) groups is 4. The molecule has 140 valence electrons. The molecule has 1 saturated heterocycles. The Labute approximate surface area is 151 Å². The molecule has 8 heteroatoms. The summed E-state index contributed by atoms with van der Waals surface area (Å²) in [6.07, 6.45) is 1.07. The van der Waals surface area contributed by atoms with Gasteiger partial charge in [0.1, 0.15) is 6.54 Å². The van der Waals surface area contributed by atoms with E-state index in [1.54, 1.807) is 43.0 Å². The lowest BCUT2D eigenvalue weighted by atomic mass is 10.2. The van der Waals surface area contributed by atoms with E-state index in [-0.39, 0.29) is 18.6 Å². The predicted octanol–water partition coefficient (Wildman–Crippen LogP) is 1.04. The zero-order valence-electron chi connectivity index (χ0n) is 14.8. The molecule has 2 amide bonds. The molecule has 8 nitrogen and oxygen atoms in total. The topological polar surface area (TPSA) is 102 Å². The third-order valence-corrected chi connectivity index (χ3v) is 3.63. The van der Waals surface area contributed by atoms with Crippen LogP contribution in [0.2, 0.25) is 0 Å². The van der Waals surface area contributed by atoms with Gasteiger partial charge in [-0.25, -0.2) is 4.79 Å². The van der Waals surface area contributed by atoms with Gasteiger partial charge < -0.3 is 19.7 Å². The Hall–Kier alpha value is -2.90. The first-order valence-electron chi connectivity index (χ1n) is 8.40. The number of nitrogens with one attached hydrogen (secondary N) is 1. The zero-order chi connectivity index (χ0) is 19.1. The minimum Gasteiger partial charge on any atom is -0.460 e. The lowest BCUT2D eigenvalue weighted by Crippen LogP contribution is -2.32. The molecule has 0 aliphatic carbocycles. The van der Waals surface area contributed by atoms with Crippen molar-refractivity contribution in [2.24, 2.45) is 0 Å². The molecule has 0 aromatic heterocycles. The highest BCUT2D eigenvalue weighted by atomic mass is 16.6. The van der Waals surface area contributed by atoms with Crippen molar-refractivity contribution in [3.05, 3.63) is 29.8 Å². The summed E-state index contributed by atoms with van der Waals surface area (Å²) in [5, 5.41) is 2.41. The van der Waals surface area contributed by atoms with Crippen molar-refractivity contribution in [1.29, 1.82) is 0 Å². The second-order valence-corrected chi connectivity index (χ2v) is 6.08. The molecule has 0 spiro atoms. The van der Waals surface area contributed by atoms with Crippen molar-refractivity contribution in [2.75, 3.05) is 24.6 Å². The molecule has 1 aromatic rings. The lowest BCUT2D eigenvalue weighted by Gasteiger charge is -2.15. The number of ether oxygens (including phenoxy) is 2. The van der Waals surface area contributed by atoms with E-state index in [4.69, 9.17) is 9.47 Å². The first-order valence-corrected chi connectivity index (χ1v) is 8.40. The van der Waals surface area contributed by atoms with Crippen LogP contribution < -0.4 is 10.2 Å². The predicted molar refractivity (Wildman–Crippen MR) is 92.5 cm³/mol. The van der Waals surface area contributed by atoms with E-state index >= 15 is 0 Å². The Morgan fingerprint density at radius 2 is 1.85 bits per heavy atom. The zero-order valence-corrected chi connectivity index (χ0v) is 14.8. The Morgan fingerprint density at radius 1 is 1.15 bits per heavy atom. The number of esters is 2. The standard InChI is InChI=1S/C18H22N2O6/c1-12(2)26-17(23)11-25-16(22)10-19-18(24)13-5-7-14(8-6-13)20-9-3-4-15(20)21/h5-8,12H,3-4,9-11H2,1-2H3,(H,19,24). The monoisotopic (exact) mass is 362 g/mol. The molecule has 1 heterocycles. The number of hydrogen-bond donors (Lipinski definition) is 1. The molecular weight excluding hydrogens is 340 g/mol. The van der Waals surface area contributed by atoms with Crippen LogP contribution in [0.5, 0.6) is 0 Å². The summed E-state index contributed by atoms with van der Waals surface area (Å²) in [7, 11) is 0. The number of rotatable bonds is 7. The van der Waals surface area contributed by atoms with Crippen LogP contribution in [0.1, 0.15) is 37.0 Å². The van der Waals surface area contributed by atoms with Crippen molar-refractivity contribution in [1.82, 2.24) is 5.32 Å². The average molecular weight is 362 g/mol. The maximum atomic E-state index is 12.0. The van der Waals surface area contributed by atoms with Gasteiger partial charge in [0.15, 0.2) is 6.61 Å². The van der Waals surface area contributed by atoms with Gasteiger partial charge >= 0.3 is 11.9 Å². The molecular formula is C18H22N2O6. The third-order valence-electron chi connectivity index (χ3n) is 3.63. The molecule has 0 saturated carbocycles. The lowest BCUT2D eigenvalue weighted by molar-refractivity contribution is -0.160. The van der Waals surface area contributed by atoms with E-state index in [0.29, 0.717) is 18.5 Å². The van der Waals surface area contributed by atoms with Crippen molar-refractivity contribution < 1.29 is 28.7 Å². The Morgan fingerprint density at radius 3 is 2.42 bits per heavy atom. The molecule has 0 unspecified atom stereocenters. The fraction of sp³-hybridized carbons (Fsp3) is 0.444. The summed E-state index contributed by atoms with van der Waals surface area (Å²) in [4.78, 5) is 48.2. The van der Waals surface area contributed by atoms with Crippen LogP contribution in [0.4, 0.5) is 5.69 Å². The average Bonchev–Trinajstić information content (AvgIpc) is 3.03. The largest absolute Gasteiger partial charge is 0.460 e. The minimum absolute atomic E-state index is 0.0703. The van der Waals surface area contributed by atoms with Crippen molar-refractivity contribution >= 4 is 29.4 Å². The molecule has 0 atom stereocenters. The van der Waals surface area contributed by atoms with E-state index in [0.717, 1.165) is 12.1 Å². The fourth-order valence-corrected chi connectivity index (χ4v) is 2.46. The fourth-order valence-electron chi connectivity index (χ4n) is 2.46. The Balaban J connectivity index is 1.78. The maximum absolute atomic E-state index is 12.0. The number of amides is 2. The Kier molecular flexibility index (Phi) is 6.71. The van der Waals surface area contributed by atoms with Crippen LogP contribution in [0, 0.1) is 0 Å². The first kappa shape index (κ1) is 19.4. The number of carbonyl (C=O) groups excluding carboxylic acids is 4. The summed E-state index contributed by atoms with van der Waals surface area (Å²) in [5.74, 6) is -1.77. The van der Waals surface area contributed by atoms with Gasteiger partial charge in [0, 0.05) is 24.2 Å². The van der Waals surface area contributed by atoms with Gasteiger partial charge in [-0.1, -0.05) is 0 Å². The van der Waals surface area contributed by atoms with Crippen molar-refractivity contribution in [3.63, 3.8) is 0 Å². The number of hydrogen-bond acceptors (Lipinski definition) is 6. The number of nitrogens with zero attached hydrogens (tertiary/aromatic N) is 1. The maximum Gasteiger partial charge on any atom is 0.344 e. The van der Waals surface area contributed by atoms with Crippen molar-refractivity contribution in [3.8, 4) is 0 Å². The normalized spacial score (nSPS) is 13.7. The summed E-state index contributed by atoms with van der Waals surface area (Å²) in [5.41, 5.74) is 1.10. The first-order chi connectivity index (χ1) is 12.4. The van der Waals surface area contributed by atoms with E-state index < -0.39 is 24.5 Å². The van der Waals surface area contributed by atoms with Crippen LogP contribution in [0.3, 0.4) is 0 Å². The quantitative estimate of drug-likeness (QED) is 0.727. The van der Waals surface area contributed by atoms with E-state index in [9.17, 15) is 19.2 Å². The van der Waals surface area contributed by atoms with Crippen molar-refractivity contribution in [2.45, 2.75) is 32.8 Å².